The van der Waals surface area contributed by atoms with Crippen molar-refractivity contribution in [1.29, 1.82) is 0 Å². The molecule has 1 saturated carbocycles. The minimum atomic E-state index is -0.179. The summed E-state index contributed by atoms with van der Waals surface area (Å²) in [6.45, 7) is 3.95. The van der Waals surface area contributed by atoms with Gasteiger partial charge in [0.2, 0.25) is 5.91 Å². The summed E-state index contributed by atoms with van der Waals surface area (Å²) in [5.41, 5.74) is 1.08. The molecule has 8 nitrogen and oxygen atoms in total. The fourth-order valence-corrected chi connectivity index (χ4v) is 3.27. The SMILES string of the molecule is C[C@@H]1c2nc(CC(=O)NCC3CC3)cn2CCN1C(=O)c1cnccn1. The molecule has 2 aliphatic rings. The molecule has 1 aliphatic carbocycles. The van der Waals surface area contributed by atoms with Gasteiger partial charge in [0.1, 0.15) is 11.5 Å². The Morgan fingerprint density at radius 1 is 1.27 bits per heavy atom. The van der Waals surface area contributed by atoms with Crippen LogP contribution in [0.3, 0.4) is 0 Å². The summed E-state index contributed by atoms with van der Waals surface area (Å²) in [5.74, 6) is 1.32. The summed E-state index contributed by atoms with van der Waals surface area (Å²) in [6, 6.07) is -0.179. The minimum absolute atomic E-state index is 0.00694. The van der Waals surface area contributed by atoms with Crippen molar-refractivity contribution in [3.63, 3.8) is 0 Å². The molecular formula is C18H22N6O2. The van der Waals surface area contributed by atoms with Crippen molar-refractivity contribution < 1.29 is 9.59 Å². The molecule has 26 heavy (non-hydrogen) atoms. The number of aromatic nitrogens is 4. The van der Waals surface area contributed by atoms with Gasteiger partial charge in [-0.1, -0.05) is 0 Å². The minimum Gasteiger partial charge on any atom is -0.355 e. The average Bonchev–Trinajstić information content (AvgIpc) is 3.39. The van der Waals surface area contributed by atoms with Gasteiger partial charge in [0, 0.05) is 38.2 Å². The van der Waals surface area contributed by atoms with Crippen LogP contribution >= 0.6 is 0 Å². The molecule has 3 heterocycles. The number of amides is 2. The summed E-state index contributed by atoms with van der Waals surface area (Å²) < 4.78 is 2.04. The normalized spacial score (nSPS) is 19.1. The molecule has 4 rings (SSSR count). The second kappa shape index (κ2) is 6.86. The van der Waals surface area contributed by atoms with E-state index in [1.807, 2.05) is 17.7 Å². The maximum atomic E-state index is 12.7. The van der Waals surface area contributed by atoms with Crippen molar-refractivity contribution >= 4 is 11.8 Å². The van der Waals surface area contributed by atoms with Gasteiger partial charge in [0.25, 0.3) is 5.91 Å². The Kier molecular flexibility index (Phi) is 4.40. The standard InChI is InChI=1S/C18H22N6O2/c1-12-17-22-14(8-16(25)21-9-13-2-3-13)11-23(17)6-7-24(12)18(26)15-10-19-4-5-20-15/h4-5,10-13H,2-3,6-9H2,1H3,(H,21,25)/t12-/m1/s1. The van der Waals surface area contributed by atoms with Crippen molar-refractivity contribution in [3.8, 4) is 0 Å². The molecule has 8 heteroatoms. The average molecular weight is 354 g/mol. The molecule has 0 aromatic carbocycles. The number of imidazole rings is 1. The molecule has 1 atom stereocenters. The largest absolute Gasteiger partial charge is 0.355 e. The zero-order chi connectivity index (χ0) is 18.1. The lowest BCUT2D eigenvalue weighted by Crippen LogP contribution is -2.41. The quantitative estimate of drug-likeness (QED) is 0.863. The molecule has 2 aromatic rings. The Morgan fingerprint density at radius 2 is 2.12 bits per heavy atom. The zero-order valence-electron chi connectivity index (χ0n) is 14.8. The monoisotopic (exact) mass is 354 g/mol. The third-order valence-corrected chi connectivity index (χ3v) is 4.95. The maximum Gasteiger partial charge on any atom is 0.274 e. The first-order valence-corrected chi connectivity index (χ1v) is 9.01. The van der Waals surface area contributed by atoms with Crippen LogP contribution in [0, 0.1) is 5.92 Å². The summed E-state index contributed by atoms with van der Waals surface area (Å²) in [4.78, 5) is 39.2. The smallest absolute Gasteiger partial charge is 0.274 e. The molecule has 0 bridgehead atoms. The summed E-state index contributed by atoms with van der Waals surface area (Å²) in [7, 11) is 0. The molecule has 136 valence electrons. The highest BCUT2D eigenvalue weighted by atomic mass is 16.2. The lowest BCUT2D eigenvalue weighted by Gasteiger charge is -2.33. The van der Waals surface area contributed by atoms with Crippen LogP contribution in [0.25, 0.3) is 0 Å². The van der Waals surface area contributed by atoms with E-state index in [9.17, 15) is 9.59 Å². The van der Waals surface area contributed by atoms with Crippen LogP contribution in [0.2, 0.25) is 0 Å². The number of hydrogen-bond donors (Lipinski definition) is 1. The maximum absolute atomic E-state index is 12.7. The first kappa shape index (κ1) is 16.7. The van der Waals surface area contributed by atoms with E-state index in [4.69, 9.17) is 0 Å². The Morgan fingerprint density at radius 3 is 2.85 bits per heavy atom. The lowest BCUT2D eigenvalue weighted by atomic mass is 10.2. The van der Waals surface area contributed by atoms with E-state index in [2.05, 4.69) is 20.3 Å². The van der Waals surface area contributed by atoms with E-state index in [0.717, 1.165) is 18.1 Å². The Labute approximate surface area is 151 Å². The van der Waals surface area contributed by atoms with Crippen molar-refractivity contribution in [1.82, 2.24) is 29.7 Å². The number of fused-ring (bicyclic) bond motifs is 1. The number of hydrogen-bond acceptors (Lipinski definition) is 5. The molecular weight excluding hydrogens is 332 g/mol. The second-order valence-corrected chi connectivity index (χ2v) is 6.97. The fraction of sp³-hybridized carbons (Fsp3) is 0.500. The molecule has 0 unspecified atom stereocenters. The number of carbonyl (C=O) groups excluding carboxylic acids is 2. The molecule has 2 aromatic heterocycles. The predicted octanol–water partition coefficient (Wildman–Crippen LogP) is 0.959. The van der Waals surface area contributed by atoms with Gasteiger partial charge in [-0.3, -0.25) is 14.6 Å². The zero-order valence-corrected chi connectivity index (χ0v) is 14.8. The highest BCUT2D eigenvalue weighted by molar-refractivity contribution is 5.92. The van der Waals surface area contributed by atoms with E-state index in [1.165, 1.54) is 25.2 Å². The first-order chi connectivity index (χ1) is 12.6. The Hall–Kier alpha value is -2.77. The fourth-order valence-electron chi connectivity index (χ4n) is 3.27. The number of carbonyl (C=O) groups is 2. The van der Waals surface area contributed by atoms with Crippen LogP contribution < -0.4 is 5.32 Å². The Bertz CT molecular complexity index is 814. The van der Waals surface area contributed by atoms with Crippen molar-refractivity contribution in [2.24, 2.45) is 5.92 Å². The summed E-state index contributed by atoms with van der Waals surface area (Å²) in [5, 5.41) is 2.97. The molecule has 0 saturated heterocycles. The van der Waals surface area contributed by atoms with Gasteiger partial charge < -0.3 is 14.8 Å². The highest BCUT2D eigenvalue weighted by Crippen LogP contribution is 2.28. The van der Waals surface area contributed by atoms with Crippen LogP contribution in [0.4, 0.5) is 0 Å². The van der Waals surface area contributed by atoms with E-state index in [1.54, 1.807) is 11.1 Å². The second-order valence-electron chi connectivity index (χ2n) is 6.97. The van der Waals surface area contributed by atoms with Gasteiger partial charge in [0.05, 0.1) is 24.4 Å². The van der Waals surface area contributed by atoms with Gasteiger partial charge >= 0.3 is 0 Å². The van der Waals surface area contributed by atoms with Gasteiger partial charge in [-0.15, -0.1) is 0 Å². The molecule has 1 aliphatic heterocycles. The number of nitrogens with one attached hydrogen (secondary N) is 1. The topological polar surface area (TPSA) is 93.0 Å². The molecule has 1 N–H and O–H groups in total. The van der Waals surface area contributed by atoms with Gasteiger partial charge in [-0.25, -0.2) is 9.97 Å². The molecule has 1 fully saturated rings. The van der Waals surface area contributed by atoms with Crippen molar-refractivity contribution in [3.05, 3.63) is 42.0 Å². The van der Waals surface area contributed by atoms with Crippen LogP contribution in [0.1, 0.15) is 47.8 Å². The van der Waals surface area contributed by atoms with Crippen LogP contribution in [-0.2, 0) is 17.8 Å². The van der Waals surface area contributed by atoms with Gasteiger partial charge in [-0.05, 0) is 25.7 Å². The Balaban J connectivity index is 1.44. The van der Waals surface area contributed by atoms with Crippen molar-refractivity contribution in [2.45, 2.75) is 38.8 Å². The van der Waals surface area contributed by atoms with E-state index >= 15 is 0 Å². The lowest BCUT2D eigenvalue weighted by molar-refractivity contribution is -0.120. The summed E-state index contributed by atoms with van der Waals surface area (Å²) in [6.07, 6.45) is 9.17. The van der Waals surface area contributed by atoms with Gasteiger partial charge in [0.15, 0.2) is 0 Å². The van der Waals surface area contributed by atoms with E-state index in [0.29, 0.717) is 24.7 Å². The van der Waals surface area contributed by atoms with Crippen molar-refractivity contribution in [2.75, 3.05) is 13.1 Å². The van der Waals surface area contributed by atoms with Gasteiger partial charge in [-0.2, -0.15) is 0 Å². The third kappa shape index (κ3) is 3.44. The molecule has 0 spiro atoms. The highest BCUT2D eigenvalue weighted by Gasteiger charge is 2.31. The van der Waals surface area contributed by atoms with Crippen LogP contribution in [0.5, 0.6) is 0 Å². The third-order valence-electron chi connectivity index (χ3n) is 4.95. The summed E-state index contributed by atoms with van der Waals surface area (Å²) >= 11 is 0. The first-order valence-electron chi connectivity index (χ1n) is 9.01. The van der Waals surface area contributed by atoms with E-state index in [-0.39, 0.29) is 24.3 Å². The molecule has 0 radical (unpaired) electrons. The van der Waals surface area contributed by atoms with Crippen LogP contribution in [0.15, 0.2) is 24.8 Å². The van der Waals surface area contributed by atoms with Crippen LogP contribution in [-0.4, -0.2) is 49.3 Å². The van der Waals surface area contributed by atoms with E-state index < -0.39 is 0 Å². The predicted molar refractivity (Wildman–Crippen MR) is 93.1 cm³/mol. The molecule has 2 amide bonds. The number of nitrogens with zero attached hydrogens (tertiary/aromatic N) is 5. The number of rotatable bonds is 5.